The molecule has 0 saturated carbocycles. The van der Waals surface area contributed by atoms with Gasteiger partial charge in [-0.2, -0.15) is 5.10 Å². The number of pyridine rings is 1. The number of nitrogens with zero attached hydrogens (tertiary/aromatic N) is 5. The molecule has 1 amide bonds. The largest absolute Gasteiger partial charge is 0.339 e. The Morgan fingerprint density at radius 3 is 2.37 bits per heavy atom. The first kappa shape index (κ1) is 21.9. The maximum atomic E-state index is 13.5. The number of hydrogen-bond donors (Lipinski definition) is 0. The summed E-state index contributed by atoms with van der Waals surface area (Å²) in [6.07, 6.45) is 5.27. The zero-order chi connectivity index (χ0) is 24.3. The maximum absolute atomic E-state index is 13.5. The number of amides is 1. The van der Waals surface area contributed by atoms with Crippen molar-refractivity contribution >= 4 is 34.8 Å². The highest BCUT2D eigenvalue weighted by atomic mass is 35.5. The second-order valence-electron chi connectivity index (χ2n) is 8.69. The molecule has 35 heavy (non-hydrogen) atoms. The predicted octanol–water partition coefficient (Wildman–Crippen LogP) is 5.53. The molecule has 1 fully saturated rings. The van der Waals surface area contributed by atoms with E-state index in [0.717, 1.165) is 33.8 Å². The van der Waals surface area contributed by atoms with Crippen LogP contribution in [0.25, 0.3) is 11.4 Å². The molecule has 8 heteroatoms. The Labute approximate surface area is 213 Å². The average Bonchev–Trinajstić information content (AvgIpc) is 3.52. The van der Waals surface area contributed by atoms with Crippen LogP contribution in [-0.4, -0.2) is 43.6 Å². The van der Waals surface area contributed by atoms with Crippen LogP contribution >= 0.6 is 23.2 Å². The van der Waals surface area contributed by atoms with Gasteiger partial charge in [-0.3, -0.25) is 9.78 Å². The van der Waals surface area contributed by atoms with Crippen molar-refractivity contribution < 1.29 is 4.79 Å². The van der Waals surface area contributed by atoms with Gasteiger partial charge < -0.3 is 9.80 Å². The quantitative estimate of drug-likeness (QED) is 0.369. The van der Waals surface area contributed by atoms with E-state index in [1.807, 2.05) is 71.2 Å². The molecule has 0 spiro atoms. The highest BCUT2D eigenvalue weighted by molar-refractivity contribution is 6.30. The van der Waals surface area contributed by atoms with Crippen LogP contribution < -0.4 is 0 Å². The Bertz CT molecular complexity index is 1480. The van der Waals surface area contributed by atoms with E-state index in [9.17, 15) is 4.79 Å². The van der Waals surface area contributed by atoms with Gasteiger partial charge in [0.25, 0.3) is 5.91 Å². The number of hydrogen-bond acceptors (Lipinski definition) is 4. The van der Waals surface area contributed by atoms with E-state index in [1.54, 1.807) is 18.5 Å². The molecule has 4 aromatic rings. The topological polar surface area (TPSA) is 54.3 Å². The van der Waals surface area contributed by atoms with E-state index in [4.69, 9.17) is 23.2 Å². The lowest BCUT2D eigenvalue weighted by Crippen LogP contribution is -2.48. The van der Waals surface area contributed by atoms with Crippen molar-refractivity contribution in [2.75, 3.05) is 13.1 Å². The lowest BCUT2D eigenvalue weighted by Gasteiger charge is -2.42. The zero-order valence-electron chi connectivity index (χ0n) is 18.9. The van der Waals surface area contributed by atoms with Crippen molar-refractivity contribution in [2.45, 2.75) is 12.6 Å². The predicted molar refractivity (Wildman–Crippen MR) is 137 cm³/mol. The molecule has 1 saturated heterocycles. The Balaban J connectivity index is 1.50. The SMILES string of the molecule is C=C(c1cnn(-c2ccc(Cl)cc2)c1C)N1CCN2C(=O)c3ccncc3C12c1ccc(Cl)cc1. The average molecular weight is 502 g/mol. The molecule has 4 heterocycles. The summed E-state index contributed by atoms with van der Waals surface area (Å²) in [6.45, 7) is 7.69. The summed E-state index contributed by atoms with van der Waals surface area (Å²) in [5.74, 6) is -0.0127. The Kier molecular flexibility index (Phi) is 4.99. The lowest BCUT2D eigenvalue weighted by atomic mass is 9.90. The molecule has 2 aromatic carbocycles. The minimum absolute atomic E-state index is 0.0127. The number of rotatable bonds is 4. The molecule has 1 unspecified atom stereocenters. The fourth-order valence-electron chi connectivity index (χ4n) is 5.37. The molecule has 2 aliphatic rings. The Hall–Kier alpha value is -3.61. The fourth-order valence-corrected chi connectivity index (χ4v) is 5.63. The third-order valence-electron chi connectivity index (χ3n) is 6.97. The van der Waals surface area contributed by atoms with Gasteiger partial charge in [-0.1, -0.05) is 41.9 Å². The first-order chi connectivity index (χ1) is 16.9. The van der Waals surface area contributed by atoms with Crippen molar-refractivity contribution in [3.8, 4) is 5.69 Å². The standard InChI is InChI=1S/C27H21Cl2N5O/c1-17(24-15-31-34(18(24)2)22-9-7-21(29)8-10-22)32-13-14-33-26(35)23-11-12-30-16-25(23)27(32,33)19-3-5-20(28)6-4-19/h3-12,15-16H,1,13-14H2,2H3. The smallest absolute Gasteiger partial charge is 0.256 e. The minimum atomic E-state index is -0.864. The van der Waals surface area contributed by atoms with Crippen LogP contribution in [0.2, 0.25) is 10.0 Å². The van der Waals surface area contributed by atoms with Crippen LogP contribution in [0.1, 0.15) is 32.7 Å². The summed E-state index contributed by atoms with van der Waals surface area (Å²) in [5.41, 5.74) is 5.10. The second kappa shape index (κ2) is 7.97. The van der Waals surface area contributed by atoms with Gasteiger partial charge in [0.15, 0.2) is 5.66 Å². The van der Waals surface area contributed by atoms with Gasteiger partial charge in [0.05, 0.1) is 23.1 Å². The van der Waals surface area contributed by atoms with E-state index in [1.165, 1.54) is 0 Å². The molecular weight excluding hydrogens is 481 g/mol. The van der Waals surface area contributed by atoms with Crippen LogP contribution in [0.15, 0.2) is 79.8 Å². The summed E-state index contributed by atoms with van der Waals surface area (Å²) < 4.78 is 1.87. The third-order valence-corrected chi connectivity index (χ3v) is 7.47. The molecular formula is C27H21Cl2N5O. The van der Waals surface area contributed by atoms with Crippen LogP contribution in [0.4, 0.5) is 0 Å². The number of carbonyl (C=O) groups is 1. The van der Waals surface area contributed by atoms with Crippen LogP contribution in [-0.2, 0) is 5.66 Å². The molecule has 0 N–H and O–H groups in total. The Morgan fingerprint density at radius 2 is 1.66 bits per heavy atom. The molecule has 174 valence electrons. The molecule has 0 aliphatic carbocycles. The van der Waals surface area contributed by atoms with E-state index in [0.29, 0.717) is 28.7 Å². The summed E-state index contributed by atoms with van der Waals surface area (Å²) in [6, 6.07) is 17.0. The van der Waals surface area contributed by atoms with Crippen molar-refractivity contribution in [3.05, 3.63) is 118 Å². The molecule has 2 aliphatic heterocycles. The fraction of sp³-hybridized carbons (Fsp3) is 0.148. The summed E-state index contributed by atoms with van der Waals surface area (Å²) >= 11 is 12.3. The van der Waals surface area contributed by atoms with Crippen LogP contribution in [0.5, 0.6) is 0 Å². The van der Waals surface area contributed by atoms with Gasteiger partial charge in [0.1, 0.15) is 0 Å². The highest BCUT2D eigenvalue weighted by Gasteiger charge is 2.58. The third kappa shape index (κ3) is 3.07. The maximum Gasteiger partial charge on any atom is 0.256 e. The van der Waals surface area contributed by atoms with E-state index < -0.39 is 5.66 Å². The number of fused-ring (bicyclic) bond motifs is 3. The van der Waals surface area contributed by atoms with Gasteiger partial charge in [-0.15, -0.1) is 0 Å². The van der Waals surface area contributed by atoms with E-state index in [2.05, 4.69) is 21.6 Å². The number of aromatic nitrogens is 3. The molecule has 2 aromatic heterocycles. The molecule has 0 bridgehead atoms. The highest BCUT2D eigenvalue weighted by Crippen LogP contribution is 2.52. The van der Waals surface area contributed by atoms with Crippen molar-refractivity contribution in [1.82, 2.24) is 24.6 Å². The normalized spacial score (nSPS) is 18.7. The molecule has 1 atom stereocenters. The van der Waals surface area contributed by atoms with Crippen LogP contribution in [0.3, 0.4) is 0 Å². The lowest BCUT2D eigenvalue weighted by molar-refractivity contribution is 0.0586. The van der Waals surface area contributed by atoms with Gasteiger partial charge >= 0.3 is 0 Å². The number of halogens is 2. The number of benzene rings is 2. The second-order valence-corrected chi connectivity index (χ2v) is 9.56. The van der Waals surface area contributed by atoms with Gasteiger partial charge in [0.2, 0.25) is 0 Å². The summed E-state index contributed by atoms with van der Waals surface area (Å²) in [5, 5.41) is 5.94. The van der Waals surface area contributed by atoms with Gasteiger partial charge in [0, 0.05) is 57.9 Å². The van der Waals surface area contributed by atoms with Crippen molar-refractivity contribution in [2.24, 2.45) is 0 Å². The number of carbonyl (C=O) groups excluding carboxylic acids is 1. The minimum Gasteiger partial charge on any atom is -0.339 e. The van der Waals surface area contributed by atoms with Crippen molar-refractivity contribution in [1.29, 1.82) is 0 Å². The van der Waals surface area contributed by atoms with Crippen molar-refractivity contribution in [3.63, 3.8) is 0 Å². The zero-order valence-corrected chi connectivity index (χ0v) is 20.5. The first-order valence-corrected chi connectivity index (χ1v) is 12.0. The molecule has 6 rings (SSSR count). The molecule has 0 radical (unpaired) electrons. The Morgan fingerprint density at radius 1 is 0.971 bits per heavy atom. The summed E-state index contributed by atoms with van der Waals surface area (Å²) in [7, 11) is 0. The molecule has 6 nitrogen and oxygen atoms in total. The van der Waals surface area contributed by atoms with E-state index >= 15 is 0 Å². The van der Waals surface area contributed by atoms with Gasteiger partial charge in [-0.25, -0.2) is 4.68 Å². The van der Waals surface area contributed by atoms with E-state index in [-0.39, 0.29) is 5.91 Å². The monoisotopic (exact) mass is 501 g/mol. The van der Waals surface area contributed by atoms with Gasteiger partial charge in [-0.05, 0) is 49.4 Å². The van der Waals surface area contributed by atoms with Crippen LogP contribution in [0, 0.1) is 6.92 Å². The summed E-state index contributed by atoms with van der Waals surface area (Å²) in [4.78, 5) is 22.0. The first-order valence-electron chi connectivity index (χ1n) is 11.2.